The average Bonchev–Trinajstić information content (AvgIpc) is 2.41. The maximum Gasteiger partial charge on any atom is 0.270 e. The first-order valence-corrected chi connectivity index (χ1v) is 7.13. The van der Waals surface area contributed by atoms with E-state index in [1.165, 1.54) is 18.2 Å². The van der Waals surface area contributed by atoms with Gasteiger partial charge in [-0.15, -0.1) is 0 Å². The monoisotopic (exact) mass is 314 g/mol. The summed E-state index contributed by atoms with van der Waals surface area (Å²) in [5, 5.41) is 13.4. The summed E-state index contributed by atoms with van der Waals surface area (Å²) in [6.45, 7) is 5.11. The summed E-state index contributed by atoms with van der Waals surface area (Å²) < 4.78 is 5.39. The fraction of sp³-hybridized carbons (Fsp3) is 0.500. The molecule has 0 fully saturated rings. The number of amides is 1. The standard InChI is InChI=1S/C14H19ClN2O4/c1-10(2)21-8-4-3-7-16-14(18)12-6-5-11(17(19)20)9-13(12)15/h5-6,9-10H,3-4,7-8H2,1-2H3,(H,16,18). The Morgan fingerprint density at radius 2 is 2.14 bits per heavy atom. The number of benzene rings is 1. The van der Waals surface area contributed by atoms with Gasteiger partial charge in [-0.3, -0.25) is 14.9 Å². The highest BCUT2D eigenvalue weighted by Crippen LogP contribution is 2.22. The summed E-state index contributed by atoms with van der Waals surface area (Å²) >= 11 is 5.88. The SMILES string of the molecule is CC(C)OCCCCNC(=O)c1ccc([N+](=O)[O-])cc1Cl. The van der Waals surface area contributed by atoms with Crippen LogP contribution in [0, 0.1) is 10.1 Å². The predicted octanol–water partition coefficient (Wildman–Crippen LogP) is 3.18. The van der Waals surface area contributed by atoms with Crippen LogP contribution in [0.3, 0.4) is 0 Å². The van der Waals surface area contributed by atoms with Crippen molar-refractivity contribution in [2.24, 2.45) is 0 Å². The number of hydrogen-bond acceptors (Lipinski definition) is 4. The maximum atomic E-state index is 11.9. The molecule has 1 amide bonds. The lowest BCUT2D eigenvalue weighted by Crippen LogP contribution is -2.25. The smallest absolute Gasteiger partial charge is 0.270 e. The molecule has 1 aromatic carbocycles. The summed E-state index contributed by atoms with van der Waals surface area (Å²) in [6, 6.07) is 3.79. The molecule has 0 aliphatic heterocycles. The third kappa shape index (κ3) is 6.10. The summed E-state index contributed by atoms with van der Waals surface area (Å²) in [7, 11) is 0. The van der Waals surface area contributed by atoms with Gasteiger partial charge in [-0.1, -0.05) is 11.6 Å². The number of non-ortho nitro benzene ring substituents is 1. The summed E-state index contributed by atoms with van der Waals surface area (Å²) in [5.74, 6) is -0.334. The number of nitro groups is 1. The highest BCUT2D eigenvalue weighted by Gasteiger charge is 2.14. The van der Waals surface area contributed by atoms with E-state index in [9.17, 15) is 14.9 Å². The predicted molar refractivity (Wildman–Crippen MR) is 80.8 cm³/mol. The van der Waals surface area contributed by atoms with E-state index in [2.05, 4.69) is 5.32 Å². The van der Waals surface area contributed by atoms with Gasteiger partial charge in [-0.05, 0) is 32.8 Å². The molecule has 6 nitrogen and oxygen atoms in total. The quantitative estimate of drug-likeness (QED) is 0.454. The van der Waals surface area contributed by atoms with Crippen LogP contribution in [-0.4, -0.2) is 30.1 Å². The molecule has 0 aromatic heterocycles. The van der Waals surface area contributed by atoms with Crippen molar-refractivity contribution in [1.29, 1.82) is 0 Å². The van der Waals surface area contributed by atoms with E-state index in [0.29, 0.717) is 13.2 Å². The van der Waals surface area contributed by atoms with Gasteiger partial charge in [-0.2, -0.15) is 0 Å². The Balaban J connectivity index is 2.40. The topological polar surface area (TPSA) is 81.5 Å². The maximum absolute atomic E-state index is 11.9. The Bertz CT molecular complexity index is 506. The van der Waals surface area contributed by atoms with Crippen LogP contribution in [0.5, 0.6) is 0 Å². The van der Waals surface area contributed by atoms with Gasteiger partial charge in [0.05, 0.1) is 21.6 Å². The molecule has 1 N–H and O–H groups in total. The van der Waals surface area contributed by atoms with Crippen LogP contribution in [0.15, 0.2) is 18.2 Å². The summed E-state index contributed by atoms with van der Waals surface area (Å²) in [4.78, 5) is 21.9. The zero-order valence-electron chi connectivity index (χ0n) is 12.1. The molecular weight excluding hydrogens is 296 g/mol. The summed E-state index contributed by atoms with van der Waals surface area (Å²) in [5.41, 5.74) is 0.100. The van der Waals surface area contributed by atoms with Crippen LogP contribution in [0.1, 0.15) is 37.0 Å². The minimum atomic E-state index is -0.553. The Kier molecular flexibility index (Phi) is 7.11. The molecule has 1 aromatic rings. The summed E-state index contributed by atoms with van der Waals surface area (Å²) in [6.07, 6.45) is 1.86. The van der Waals surface area contributed by atoms with Crippen molar-refractivity contribution in [2.45, 2.75) is 32.8 Å². The molecule has 21 heavy (non-hydrogen) atoms. The van der Waals surface area contributed by atoms with E-state index in [-0.39, 0.29) is 28.3 Å². The molecule has 0 atom stereocenters. The van der Waals surface area contributed by atoms with Gasteiger partial charge in [-0.25, -0.2) is 0 Å². The minimum absolute atomic E-state index is 0.0739. The third-order valence-electron chi connectivity index (χ3n) is 2.72. The van der Waals surface area contributed by atoms with E-state index in [1.807, 2.05) is 13.8 Å². The van der Waals surface area contributed by atoms with Crippen molar-refractivity contribution in [1.82, 2.24) is 5.32 Å². The fourth-order valence-corrected chi connectivity index (χ4v) is 1.91. The number of carbonyl (C=O) groups excluding carboxylic acids is 1. The molecule has 1 rings (SSSR count). The van der Waals surface area contributed by atoms with Gasteiger partial charge >= 0.3 is 0 Å². The van der Waals surface area contributed by atoms with Crippen molar-refractivity contribution in [3.63, 3.8) is 0 Å². The largest absolute Gasteiger partial charge is 0.379 e. The molecule has 0 unspecified atom stereocenters. The van der Waals surface area contributed by atoms with Crippen molar-refractivity contribution < 1.29 is 14.5 Å². The molecular formula is C14H19ClN2O4. The first-order chi connectivity index (χ1) is 9.91. The Morgan fingerprint density at radius 1 is 1.43 bits per heavy atom. The normalized spacial score (nSPS) is 10.7. The van der Waals surface area contributed by atoms with Crippen LogP contribution in [0.4, 0.5) is 5.69 Å². The molecule has 0 spiro atoms. The molecule has 0 aliphatic carbocycles. The number of unbranched alkanes of at least 4 members (excludes halogenated alkanes) is 1. The molecule has 0 bridgehead atoms. The number of nitrogens with zero attached hydrogens (tertiary/aromatic N) is 1. The van der Waals surface area contributed by atoms with Gasteiger partial charge in [0.15, 0.2) is 0 Å². The molecule has 0 heterocycles. The van der Waals surface area contributed by atoms with Crippen molar-refractivity contribution in [2.75, 3.05) is 13.2 Å². The van der Waals surface area contributed by atoms with Crippen LogP contribution in [0.2, 0.25) is 5.02 Å². The number of nitro benzene ring substituents is 1. The fourth-order valence-electron chi connectivity index (χ4n) is 1.64. The molecule has 7 heteroatoms. The Morgan fingerprint density at radius 3 is 2.71 bits per heavy atom. The second kappa shape index (κ2) is 8.59. The van der Waals surface area contributed by atoms with E-state index in [4.69, 9.17) is 16.3 Å². The van der Waals surface area contributed by atoms with Gasteiger partial charge in [0, 0.05) is 25.3 Å². The number of halogens is 1. The lowest BCUT2D eigenvalue weighted by atomic mass is 10.2. The van der Waals surface area contributed by atoms with E-state index >= 15 is 0 Å². The lowest BCUT2D eigenvalue weighted by Gasteiger charge is -2.08. The van der Waals surface area contributed by atoms with Crippen molar-refractivity contribution >= 4 is 23.2 Å². The average molecular weight is 315 g/mol. The zero-order valence-corrected chi connectivity index (χ0v) is 12.9. The van der Waals surface area contributed by atoms with Crippen molar-refractivity contribution in [3.8, 4) is 0 Å². The van der Waals surface area contributed by atoms with E-state index in [0.717, 1.165) is 12.8 Å². The van der Waals surface area contributed by atoms with E-state index < -0.39 is 4.92 Å². The second-order valence-corrected chi connectivity index (χ2v) is 5.21. The van der Waals surface area contributed by atoms with Gasteiger partial charge in [0.1, 0.15) is 0 Å². The minimum Gasteiger partial charge on any atom is -0.379 e. The first kappa shape index (κ1) is 17.4. The molecule has 0 radical (unpaired) electrons. The number of carbonyl (C=O) groups is 1. The van der Waals surface area contributed by atoms with Crippen molar-refractivity contribution in [3.05, 3.63) is 38.9 Å². The number of hydrogen-bond donors (Lipinski definition) is 1. The van der Waals surface area contributed by atoms with E-state index in [1.54, 1.807) is 0 Å². The highest BCUT2D eigenvalue weighted by molar-refractivity contribution is 6.34. The van der Waals surface area contributed by atoms with Crippen LogP contribution in [0.25, 0.3) is 0 Å². The first-order valence-electron chi connectivity index (χ1n) is 6.75. The second-order valence-electron chi connectivity index (χ2n) is 4.80. The number of nitrogens with one attached hydrogen (secondary N) is 1. The van der Waals surface area contributed by atoms with Gasteiger partial charge in [0.25, 0.3) is 11.6 Å². The lowest BCUT2D eigenvalue weighted by molar-refractivity contribution is -0.384. The highest BCUT2D eigenvalue weighted by atomic mass is 35.5. The number of ether oxygens (including phenoxy) is 1. The van der Waals surface area contributed by atoms with Crippen LogP contribution >= 0.6 is 11.6 Å². The Hall–Kier alpha value is -1.66. The third-order valence-corrected chi connectivity index (χ3v) is 3.03. The zero-order chi connectivity index (χ0) is 15.8. The molecule has 116 valence electrons. The molecule has 0 aliphatic rings. The Labute approximate surface area is 128 Å². The molecule has 0 saturated carbocycles. The number of rotatable bonds is 8. The van der Waals surface area contributed by atoms with Gasteiger partial charge < -0.3 is 10.1 Å². The van der Waals surface area contributed by atoms with Crippen LogP contribution in [-0.2, 0) is 4.74 Å². The van der Waals surface area contributed by atoms with Crippen LogP contribution < -0.4 is 5.32 Å². The van der Waals surface area contributed by atoms with Gasteiger partial charge in [0.2, 0.25) is 0 Å². The molecule has 0 saturated heterocycles.